The van der Waals surface area contributed by atoms with E-state index in [0.29, 0.717) is 10.6 Å². The summed E-state index contributed by atoms with van der Waals surface area (Å²) in [5.41, 5.74) is 0.0615. The number of carbonyl (C=O) groups is 1. The summed E-state index contributed by atoms with van der Waals surface area (Å²) in [6.07, 6.45) is -0.769. The molecule has 0 radical (unpaired) electrons. The van der Waals surface area contributed by atoms with Gasteiger partial charge in [0.25, 0.3) is 0 Å². The molecule has 0 bridgehead atoms. The molecular weight excluding hydrogens is 254 g/mol. The molecule has 0 fully saturated rings. The minimum atomic E-state index is -0.875. The fraction of sp³-hybridized carbons (Fsp3) is 0.462. The molecule has 0 aliphatic heterocycles. The standard InChI is InChI=1S/C13H18ClNO3/c1-13(2,7-12(17)18)15-8-11(16)9-5-3-4-6-10(9)14/h3-6,11,15-16H,7-8H2,1-2H3,(H,17,18). The minimum Gasteiger partial charge on any atom is -0.481 e. The topological polar surface area (TPSA) is 69.6 Å². The van der Waals surface area contributed by atoms with Crippen LogP contribution < -0.4 is 5.32 Å². The Labute approximate surface area is 112 Å². The van der Waals surface area contributed by atoms with Gasteiger partial charge in [-0.2, -0.15) is 0 Å². The molecule has 0 spiro atoms. The molecule has 0 saturated carbocycles. The number of aliphatic hydroxyl groups is 1. The fourth-order valence-corrected chi connectivity index (χ4v) is 1.93. The number of halogens is 1. The second kappa shape index (κ2) is 6.18. The third kappa shape index (κ3) is 4.64. The molecule has 1 rings (SSSR count). The number of aliphatic hydroxyl groups excluding tert-OH is 1. The van der Waals surface area contributed by atoms with Gasteiger partial charge in [0, 0.05) is 22.7 Å². The smallest absolute Gasteiger partial charge is 0.305 e. The van der Waals surface area contributed by atoms with E-state index in [-0.39, 0.29) is 13.0 Å². The molecule has 0 aromatic heterocycles. The molecule has 1 atom stereocenters. The van der Waals surface area contributed by atoms with Gasteiger partial charge < -0.3 is 15.5 Å². The van der Waals surface area contributed by atoms with E-state index >= 15 is 0 Å². The van der Waals surface area contributed by atoms with E-state index < -0.39 is 17.6 Å². The summed E-state index contributed by atoms with van der Waals surface area (Å²) in [5.74, 6) is -0.875. The second-order valence-corrected chi connectivity index (χ2v) is 5.28. The summed E-state index contributed by atoms with van der Waals surface area (Å²) in [6.45, 7) is 3.81. The minimum absolute atomic E-state index is 0.0117. The monoisotopic (exact) mass is 271 g/mol. The zero-order valence-electron chi connectivity index (χ0n) is 10.5. The van der Waals surface area contributed by atoms with Gasteiger partial charge in [-0.05, 0) is 19.9 Å². The van der Waals surface area contributed by atoms with Gasteiger partial charge in [-0.3, -0.25) is 4.79 Å². The van der Waals surface area contributed by atoms with Crippen molar-refractivity contribution in [3.8, 4) is 0 Å². The first kappa shape index (κ1) is 15.0. The fourth-order valence-electron chi connectivity index (χ4n) is 1.67. The lowest BCUT2D eigenvalue weighted by molar-refractivity contribution is -0.138. The quantitative estimate of drug-likeness (QED) is 0.742. The molecule has 3 N–H and O–H groups in total. The lowest BCUT2D eigenvalue weighted by Gasteiger charge is -2.26. The van der Waals surface area contributed by atoms with Crippen molar-refractivity contribution in [1.82, 2.24) is 5.32 Å². The number of β-amino-alcohol motifs (C(OH)–C–C–N with tert-alkyl or cyclic N) is 1. The summed E-state index contributed by atoms with van der Waals surface area (Å²) in [7, 11) is 0. The van der Waals surface area contributed by atoms with Crippen molar-refractivity contribution in [3.05, 3.63) is 34.9 Å². The van der Waals surface area contributed by atoms with Gasteiger partial charge in [-0.25, -0.2) is 0 Å². The summed E-state index contributed by atoms with van der Waals surface area (Å²) in [5, 5.41) is 22.3. The largest absolute Gasteiger partial charge is 0.481 e. The molecule has 0 heterocycles. The lowest BCUT2D eigenvalue weighted by Crippen LogP contribution is -2.43. The van der Waals surface area contributed by atoms with Crippen LogP contribution in [0, 0.1) is 0 Å². The summed E-state index contributed by atoms with van der Waals surface area (Å²) in [6, 6.07) is 7.05. The predicted molar refractivity (Wildman–Crippen MR) is 70.7 cm³/mol. The Bertz CT molecular complexity index is 420. The maximum Gasteiger partial charge on any atom is 0.305 e. The zero-order valence-corrected chi connectivity index (χ0v) is 11.2. The molecule has 1 aromatic rings. The van der Waals surface area contributed by atoms with Gasteiger partial charge in [-0.15, -0.1) is 0 Å². The van der Waals surface area contributed by atoms with Gasteiger partial charge in [0.2, 0.25) is 0 Å². The van der Waals surface area contributed by atoms with Crippen molar-refractivity contribution < 1.29 is 15.0 Å². The summed E-state index contributed by atoms with van der Waals surface area (Å²) in [4.78, 5) is 10.7. The van der Waals surface area contributed by atoms with E-state index in [0.717, 1.165) is 0 Å². The molecule has 18 heavy (non-hydrogen) atoms. The number of carboxylic acid groups (broad SMARTS) is 1. The van der Waals surface area contributed by atoms with Crippen LogP contribution in [0.5, 0.6) is 0 Å². The van der Waals surface area contributed by atoms with Crippen molar-refractivity contribution in [2.45, 2.75) is 31.9 Å². The van der Waals surface area contributed by atoms with Crippen molar-refractivity contribution in [2.75, 3.05) is 6.54 Å². The number of carboxylic acids is 1. The molecule has 4 nitrogen and oxygen atoms in total. The van der Waals surface area contributed by atoms with E-state index in [4.69, 9.17) is 16.7 Å². The maximum atomic E-state index is 10.7. The highest BCUT2D eigenvalue weighted by Crippen LogP contribution is 2.22. The zero-order chi connectivity index (χ0) is 13.8. The van der Waals surface area contributed by atoms with Gasteiger partial charge in [-0.1, -0.05) is 29.8 Å². The molecule has 0 amide bonds. The van der Waals surface area contributed by atoms with Gasteiger partial charge in [0.1, 0.15) is 0 Å². The average Bonchev–Trinajstić information content (AvgIpc) is 2.25. The van der Waals surface area contributed by atoms with Crippen LogP contribution in [0.4, 0.5) is 0 Å². The Kier molecular flexibility index (Phi) is 5.14. The molecule has 0 aliphatic rings. The van der Waals surface area contributed by atoms with E-state index in [9.17, 15) is 9.90 Å². The van der Waals surface area contributed by atoms with Crippen LogP contribution in [0.2, 0.25) is 5.02 Å². The Morgan fingerprint density at radius 1 is 1.44 bits per heavy atom. The Morgan fingerprint density at radius 2 is 2.06 bits per heavy atom. The SMILES string of the molecule is CC(C)(CC(=O)O)NCC(O)c1ccccc1Cl. The first-order valence-corrected chi connectivity index (χ1v) is 6.09. The molecule has 1 unspecified atom stereocenters. The van der Waals surface area contributed by atoms with Crippen LogP contribution in [0.25, 0.3) is 0 Å². The second-order valence-electron chi connectivity index (χ2n) is 4.87. The van der Waals surface area contributed by atoms with Crippen LogP contribution in [0.15, 0.2) is 24.3 Å². The summed E-state index contributed by atoms with van der Waals surface area (Å²) >= 11 is 5.97. The van der Waals surface area contributed by atoms with Crippen LogP contribution in [0.3, 0.4) is 0 Å². The highest BCUT2D eigenvalue weighted by molar-refractivity contribution is 6.31. The van der Waals surface area contributed by atoms with E-state index in [1.807, 2.05) is 0 Å². The highest BCUT2D eigenvalue weighted by Gasteiger charge is 2.22. The first-order chi connectivity index (χ1) is 8.32. The van der Waals surface area contributed by atoms with E-state index in [1.165, 1.54) is 0 Å². The number of hydrogen-bond acceptors (Lipinski definition) is 3. The molecule has 5 heteroatoms. The molecule has 0 aliphatic carbocycles. The normalized spacial score (nSPS) is 13.3. The van der Waals surface area contributed by atoms with E-state index in [2.05, 4.69) is 5.32 Å². The molecule has 100 valence electrons. The summed E-state index contributed by atoms with van der Waals surface area (Å²) < 4.78 is 0. The average molecular weight is 272 g/mol. The molecular formula is C13H18ClNO3. The van der Waals surface area contributed by atoms with Crippen LogP contribution in [-0.2, 0) is 4.79 Å². The third-order valence-electron chi connectivity index (χ3n) is 2.63. The van der Waals surface area contributed by atoms with E-state index in [1.54, 1.807) is 38.1 Å². The first-order valence-electron chi connectivity index (χ1n) is 5.71. The van der Waals surface area contributed by atoms with Gasteiger partial charge in [0.05, 0.1) is 12.5 Å². The van der Waals surface area contributed by atoms with Crippen LogP contribution in [0.1, 0.15) is 31.9 Å². The highest BCUT2D eigenvalue weighted by atomic mass is 35.5. The van der Waals surface area contributed by atoms with Gasteiger partial charge in [0.15, 0.2) is 0 Å². The van der Waals surface area contributed by atoms with Crippen LogP contribution >= 0.6 is 11.6 Å². The van der Waals surface area contributed by atoms with Crippen molar-refractivity contribution in [1.29, 1.82) is 0 Å². The Balaban J connectivity index is 2.59. The lowest BCUT2D eigenvalue weighted by atomic mass is 10.00. The molecule has 1 aromatic carbocycles. The number of aliphatic carboxylic acids is 1. The predicted octanol–water partition coefficient (Wildman–Crippen LogP) is 2.22. The van der Waals surface area contributed by atoms with Crippen molar-refractivity contribution >= 4 is 17.6 Å². The number of nitrogens with one attached hydrogen (secondary N) is 1. The maximum absolute atomic E-state index is 10.7. The number of rotatable bonds is 6. The number of hydrogen-bond donors (Lipinski definition) is 3. The van der Waals surface area contributed by atoms with Crippen molar-refractivity contribution in [2.24, 2.45) is 0 Å². The Morgan fingerprint density at radius 3 is 2.61 bits per heavy atom. The third-order valence-corrected chi connectivity index (χ3v) is 2.98. The van der Waals surface area contributed by atoms with Crippen molar-refractivity contribution in [3.63, 3.8) is 0 Å². The van der Waals surface area contributed by atoms with Gasteiger partial charge >= 0.3 is 5.97 Å². The Hall–Kier alpha value is -1.10. The molecule has 0 saturated heterocycles. The number of benzene rings is 1. The van der Waals surface area contributed by atoms with Crippen LogP contribution in [-0.4, -0.2) is 28.3 Å².